The zero-order valence-corrected chi connectivity index (χ0v) is 13.7. The van der Waals surface area contributed by atoms with Crippen molar-refractivity contribution >= 4 is 17.0 Å². The van der Waals surface area contributed by atoms with Gasteiger partial charge in [-0.2, -0.15) is 8.78 Å². The lowest BCUT2D eigenvalue weighted by Crippen LogP contribution is -2.25. The van der Waals surface area contributed by atoms with Crippen LogP contribution in [0.4, 0.5) is 8.78 Å². The summed E-state index contributed by atoms with van der Waals surface area (Å²) < 4.78 is 35.0. The summed E-state index contributed by atoms with van der Waals surface area (Å²) in [6.07, 6.45) is 0.107. The van der Waals surface area contributed by atoms with Crippen molar-refractivity contribution in [1.82, 2.24) is 9.88 Å². The molecular formula is C18H16F2N2O4. The summed E-state index contributed by atoms with van der Waals surface area (Å²) in [4.78, 5) is 23.8. The molecule has 0 bridgehead atoms. The van der Waals surface area contributed by atoms with E-state index in [9.17, 15) is 18.4 Å². The number of benzene rings is 2. The Kier molecular flexibility index (Phi) is 5.31. The maximum atomic E-state index is 12.1. The maximum absolute atomic E-state index is 12.1. The van der Waals surface area contributed by atoms with Crippen LogP contribution < -0.4 is 15.8 Å². The van der Waals surface area contributed by atoms with Crippen molar-refractivity contribution in [2.75, 3.05) is 0 Å². The molecule has 2 aromatic carbocycles. The van der Waals surface area contributed by atoms with E-state index in [1.165, 1.54) is 16.7 Å². The molecule has 0 aliphatic rings. The van der Waals surface area contributed by atoms with Crippen LogP contribution in [0, 0.1) is 0 Å². The molecule has 1 aromatic heterocycles. The Hall–Kier alpha value is -3.16. The van der Waals surface area contributed by atoms with Crippen LogP contribution in [-0.2, 0) is 17.9 Å². The van der Waals surface area contributed by atoms with E-state index in [-0.39, 0.29) is 31.2 Å². The fourth-order valence-electron chi connectivity index (χ4n) is 2.52. The standard InChI is InChI=1S/C18H16F2N2O4/c19-17(20)25-13-7-5-12(6-8-13)11-21-16(23)9-10-22-14-3-1-2-4-15(14)26-18(22)24/h1-8,17H,9-11H2,(H,21,23). The minimum Gasteiger partial charge on any atom is -0.435 e. The molecular weight excluding hydrogens is 346 g/mol. The Morgan fingerprint density at radius 1 is 1.15 bits per heavy atom. The first kappa shape index (κ1) is 17.7. The molecule has 0 fully saturated rings. The van der Waals surface area contributed by atoms with Gasteiger partial charge in [-0.05, 0) is 29.8 Å². The van der Waals surface area contributed by atoms with Crippen molar-refractivity contribution in [3.8, 4) is 5.75 Å². The van der Waals surface area contributed by atoms with Gasteiger partial charge >= 0.3 is 12.4 Å². The number of alkyl halides is 2. The van der Waals surface area contributed by atoms with Crippen LogP contribution in [0.15, 0.2) is 57.7 Å². The van der Waals surface area contributed by atoms with E-state index in [1.807, 2.05) is 0 Å². The molecule has 0 radical (unpaired) electrons. The summed E-state index contributed by atoms with van der Waals surface area (Å²) in [5.74, 6) is -0.690. The predicted molar refractivity (Wildman–Crippen MR) is 90.0 cm³/mol. The zero-order valence-electron chi connectivity index (χ0n) is 13.7. The fraction of sp³-hybridized carbons (Fsp3) is 0.222. The van der Waals surface area contributed by atoms with Gasteiger partial charge in [0.1, 0.15) is 5.75 Å². The van der Waals surface area contributed by atoms with Crippen molar-refractivity contribution < 1.29 is 22.7 Å². The van der Waals surface area contributed by atoms with Crippen molar-refractivity contribution in [2.45, 2.75) is 26.1 Å². The minimum absolute atomic E-state index is 0.0567. The highest BCUT2D eigenvalue weighted by Crippen LogP contribution is 2.15. The van der Waals surface area contributed by atoms with E-state index in [2.05, 4.69) is 10.1 Å². The number of aromatic nitrogens is 1. The molecule has 0 spiro atoms. The van der Waals surface area contributed by atoms with E-state index in [0.717, 1.165) is 5.56 Å². The van der Waals surface area contributed by atoms with Gasteiger partial charge in [-0.15, -0.1) is 0 Å². The highest BCUT2D eigenvalue weighted by Gasteiger charge is 2.10. The van der Waals surface area contributed by atoms with Gasteiger partial charge in [0.2, 0.25) is 5.91 Å². The van der Waals surface area contributed by atoms with Gasteiger partial charge in [-0.3, -0.25) is 9.36 Å². The number of amides is 1. The van der Waals surface area contributed by atoms with Gasteiger partial charge in [0.25, 0.3) is 0 Å². The van der Waals surface area contributed by atoms with Crippen LogP contribution in [0.3, 0.4) is 0 Å². The number of para-hydroxylation sites is 2. The Labute approximate surface area is 147 Å². The first-order valence-corrected chi connectivity index (χ1v) is 7.92. The summed E-state index contributed by atoms with van der Waals surface area (Å²) >= 11 is 0. The maximum Gasteiger partial charge on any atom is 0.419 e. The molecule has 0 atom stereocenters. The summed E-state index contributed by atoms with van der Waals surface area (Å²) in [5.41, 5.74) is 1.86. The molecule has 1 heterocycles. The number of halogens is 2. The summed E-state index contributed by atoms with van der Waals surface area (Å²) in [6, 6.07) is 13.0. The smallest absolute Gasteiger partial charge is 0.419 e. The molecule has 136 valence electrons. The third kappa shape index (κ3) is 4.27. The van der Waals surface area contributed by atoms with Crippen LogP contribution in [-0.4, -0.2) is 17.1 Å². The number of aryl methyl sites for hydroxylation is 1. The molecule has 1 amide bonds. The lowest BCUT2D eigenvalue weighted by atomic mass is 10.2. The minimum atomic E-state index is -2.87. The molecule has 8 heteroatoms. The number of hydrogen-bond acceptors (Lipinski definition) is 4. The van der Waals surface area contributed by atoms with Gasteiger partial charge in [0.15, 0.2) is 5.58 Å². The molecule has 26 heavy (non-hydrogen) atoms. The van der Waals surface area contributed by atoms with Crippen LogP contribution in [0.1, 0.15) is 12.0 Å². The van der Waals surface area contributed by atoms with E-state index in [0.29, 0.717) is 11.1 Å². The lowest BCUT2D eigenvalue weighted by molar-refractivity contribution is -0.121. The van der Waals surface area contributed by atoms with Gasteiger partial charge < -0.3 is 14.5 Å². The Bertz CT molecular complexity index is 948. The molecule has 3 aromatic rings. The molecule has 0 saturated heterocycles. The molecule has 3 rings (SSSR count). The molecule has 0 aliphatic carbocycles. The van der Waals surface area contributed by atoms with E-state index in [1.54, 1.807) is 36.4 Å². The van der Waals surface area contributed by atoms with Gasteiger partial charge in [0.05, 0.1) is 5.52 Å². The highest BCUT2D eigenvalue weighted by molar-refractivity contribution is 5.76. The van der Waals surface area contributed by atoms with Crippen molar-refractivity contribution in [3.05, 3.63) is 64.6 Å². The molecule has 1 N–H and O–H groups in total. The average Bonchev–Trinajstić information content (AvgIpc) is 2.94. The number of hydrogen-bond donors (Lipinski definition) is 1. The molecule has 0 unspecified atom stereocenters. The van der Waals surface area contributed by atoms with Crippen LogP contribution in [0.2, 0.25) is 0 Å². The largest absolute Gasteiger partial charge is 0.435 e. The van der Waals surface area contributed by atoms with Crippen LogP contribution >= 0.6 is 0 Å². The van der Waals surface area contributed by atoms with E-state index < -0.39 is 12.4 Å². The third-order valence-electron chi connectivity index (χ3n) is 3.77. The number of nitrogens with zero attached hydrogens (tertiary/aromatic N) is 1. The number of ether oxygens (including phenoxy) is 1. The number of carbonyl (C=O) groups excluding carboxylic acids is 1. The number of nitrogens with one attached hydrogen (secondary N) is 1. The van der Waals surface area contributed by atoms with Gasteiger partial charge in [0, 0.05) is 19.5 Å². The highest BCUT2D eigenvalue weighted by atomic mass is 19.3. The van der Waals surface area contributed by atoms with E-state index in [4.69, 9.17) is 4.42 Å². The SMILES string of the molecule is O=C(CCn1c(=O)oc2ccccc21)NCc1ccc(OC(F)F)cc1. The zero-order chi connectivity index (χ0) is 18.5. The quantitative estimate of drug-likeness (QED) is 0.701. The molecule has 0 aliphatic heterocycles. The lowest BCUT2D eigenvalue weighted by Gasteiger charge is -2.08. The summed E-state index contributed by atoms with van der Waals surface area (Å²) in [6.45, 7) is -2.43. The number of oxazole rings is 1. The van der Waals surface area contributed by atoms with Crippen molar-refractivity contribution in [1.29, 1.82) is 0 Å². The number of fused-ring (bicyclic) bond motifs is 1. The second-order valence-electron chi connectivity index (χ2n) is 5.54. The monoisotopic (exact) mass is 362 g/mol. The third-order valence-corrected chi connectivity index (χ3v) is 3.77. The Morgan fingerprint density at radius 2 is 1.88 bits per heavy atom. The number of rotatable bonds is 7. The fourth-order valence-corrected chi connectivity index (χ4v) is 2.52. The van der Waals surface area contributed by atoms with E-state index >= 15 is 0 Å². The Morgan fingerprint density at radius 3 is 2.62 bits per heavy atom. The Balaban J connectivity index is 1.53. The van der Waals surface area contributed by atoms with Crippen LogP contribution in [0.5, 0.6) is 5.75 Å². The van der Waals surface area contributed by atoms with Crippen molar-refractivity contribution in [3.63, 3.8) is 0 Å². The van der Waals surface area contributed by atoms with Crippen LogP contribution in [0.25, 0.3) is 11.1 Å². The molecule has 0 saturated carbocycles. The summed E-state index contributed by atoms with van der Waals surface area (Å²) in [7, 11) is 0. The first-order valence-electron chi connectivity index (χ1n) is 7.92. The predicted octanol–water partition coefficient (Wildman–Crippen LogP) is 2.90. The first-order chi connectivity index (χ1) is 12.5. The second-order valence-corrected chi connectivity index (χ2v) is 5.54. The summed E-state index contributed by atoms with van der Waals surface area (Å²) in [5, 5.41) is 2.72. The average molecular weight is 362 g/mol. The van der Waals surface area contributed by atoms with Gasteiger partial charge in [-0.1, -0.05) is 24.3 Å². The normalized spacial score (nSPS) is 11.0. The topological polar surface area (TPSA) is 73.5 Å². The van der Waals surface area contributed by atoms with Crippen molar-refractivity contribution in [2.24, 2.45) is 0 Å². The van der Waals surface area contributed by atoms with Gasteiger partial charge in [-0.25, -0.2) is 4.79 Å². The second kappa shape index (κ2) is 7.81. The number of carbonyl (C=O) groups is 1. The molecule has 6 nitrogen and oxygen atoms in total.